The van der Waals surface area contributed by atoms with Gasteiger partial charge in [0.2, 0.25) is 0 Å². The zero-order chi connectivity index (χ0) is 17.8. The van der Waals surface area contributed by atoms with Gasteiger partial charge in [-0.05, 0) is 43.5 Å². The number of benzene rings is 1. The van der Waals surface area contributed by atoms with Gasteiger partial charge in [-0.15, -0.1) is 0 Å². The predicted molar refractivity (Wildman–Crippen MR) is 89.6 cm³/mol. The summed E-state index contributed by atoms with van der Waals surface area (Å²) in [6, 6.07) is 9.51. The summed E-state index contributed by atoms with van der Waals surface area (Å²) in [5.74, 6) is -0.0596. The molecule has 0 aliphatic heterocycles. The average molecular weight is 347 g/mol. The van der Waals surface area contributed by atoms with Crippen LogP contribution in [0.3, 0.4) is 0 Å². The molecule has 132 valence electrons. The number of para-hydroxylation sites is 2. The van der Waals surface area contributed by atoms with Crippen LogP contribution in [0, 0.1) is 0 Å². The fourth-order valence-corrected chi connectivity index (χ4v) is 2.74. The van der Waals surface area contributed by atoms with E-state index in [1.165, 1.54) is 12.1 Å². The standard InChI is InChI=1S/C18H19F2N3O2/c1-12(13-5-4-10-21-11-13)23(14-8-9-14)18(24)22-15-6-2-3-7-16(15)25-17(19)20/h2-7,10-12,14,17H,8-9H2,1H3,(H,22,24)/t12-/m0/s1. The van der Waals surface area contributed by atoms with Crippen molar-refractivity contribution in [2.75, 3.05) is 5.32 Å². The topological polar surface area (TPSA) is 54.5 Å². The number of carbonyl (C=O) groups is 1. The van der Waals surface area contributed by atoms with E-state index in [1.807, 2.05) is 19.1 Å². The van der Waals surface area contributed by atoms with Crippen molar-refractivity contribution in [2.45, 2.75) is 38.5 Å². The van der Waals surface area contributed by atoms with Crippen molar-refractivity contribution in [3.63, 3.8) is 0 Å². The molecular weight excluding hydrogens is 328 g/mol. The van der Waals surface area contributed by atoms with E-state index < -0.39 is 6.61 Å². The van der Waals surface area contributed by atoms with E-state index in [0.29, 0.717) is 0 Å². The van der Waals surface area contributed by atoms with Gasteiger partial charge in [-0.25, -0.2) is 4.79 Å². The van der Waals surface area contributed by atoms with Crippen LogP contribution in [-0.4, -0.2) is 28.6 Å². The predicted octanol–water partition coefficient (Wildman–Crippen LogP) is 4.44. The van der Waals surface area contributed by atoms with Gasteiger partial charge in [0, 0.05) is 18.4 Å². The summed E-state index contributed by atoms with van der Waals surface area (Å²) in [4.78, 5) is 18.6. The summed E-state index contributed by atoms with van der Waals surface area (Å²) in [6.07, 6.45) is 5.25. The number of alkyl halides is 2. The molecule has 25 heavy (non-hydrogen) atoms. The minimum Gasteiger partial charge on any atom is -0.433 e. The quantitative estimate of drug-likeness (QED) is 0.840. The molecule has 1 aromatic heterocycles. The first kappa shape index (κ1) is 17.1. The molecule has 7 heteroatoms. The lowest BCUT2D eigenvalue weighted by molar-refractivity contribution is -0.0493. The molecule has 1 aliphatic rings. The summed E-state index contributed by atoms with van der Waals surface area (Å²) in [5, 5.41) is 2.70. The molecule has 2 amide bonds. The molecule has 5 nitrogen and oxygen atoms in total. The minimum atomic E-state index is -2.95. The first-order valence-corrected chi connectivity index (χ1v) is 8.09. The Bertz CT molecular complexity index is 723. The van der Waals surface area contributed by atoms with Crippen molar-refractivity contribution in [3.8, 4) is 5.75 Å². The normalized spacial score (nSPS) is 14.9. The molecule has 1 fully saturated rings. The Labute approximate surface area is 144 Å². The van der Waals surface area contributed by atoms with E-state index in [1.54, 1.807) is 29.4 Å². The fourth-order valence-electron chi connectivity index (χ4n) is 2.74. The van der Waals surface area contributed by atoms with E-state index in [4.69, 9.17) is 0 Å². The molecule has 0 bridgehead atoms. The van der Waals surface area contributed by atoms with Gasteiger partial charge in [-0.1, -0.05) is 18.2 Å². The van der Waals surface area contributed by atoms with Gasteiger partial charge in [0.15, 0.2) is 0 Å². The lowest BCUT2D eigenvalue weighted by atomic mass is 10.1. The Hall–Kier alpha value is -2.70. The lowest BCUT2D eigenvalue weighted by Gasteiger charge is -2.30. The van der Waals surface area contributed by atoms with E-state index >= 15 is 0 Å². The molecule has 0 spiro atoms. The molecule has 1 atom stereocenters. The number of nitrogens with zero attached hydrogens (tertiary/aromatic N) is 2. The Balaban J connectivity index is 1.79. The highest BCUT2D eigenvalue weighted by Gasteiger charge is 2.36. The van der Waals surface area contributed by atoms with Crippen LogP contribution in [0.1, 0.15) is 31.4 Å². The van der Waals surface area contributed by atoms with Crippen molar-refractivity contribution in [2.24, 2.45) is 0 Å². The van der Waals surface area contributed by atoms with E-state index in [0.717, 1.165) is 18.4 Å². The number of ether oxygens (including phenoxy) is 1. The number of halogens is 2. The number of amides is 2. The van der Waals surface area contributed by atoms with Crippen molar-refractivity contribution in [1.29, 1.82) is 0 Å². The van der Waals surface area contributed by atoms with Crippen LogP contribution in [0.5, 0.6) is 5.75 Å². The molecule has 0 radical (unpaired) electrons. The summed E-state index contributed by atoms with van der Waals surface area (Å²) in [7, 11) is 0. The molecule has 0 unspecified atom stereocenters. The summed E-state index contributed by atoms with van der Waals surface area (Å²) in [5.41, 5.74) is 1.14. The number of nitrogens with one attached hydrogen (secondary N) is 1. The maximum atomic E-state index is 12.8. The Kier molecular flexibility index (Phi) is 5.11. The third-order valence-corrected chi connectivity index (χ3v) is 4.10. The Morgan fingerprint density at radius 3 is 2.68 bits per heavy atom. The van der Waals surface area contributed by atoms with Crippen LogP contribution in [0.2, 0.25) is 0 Å². The Morgan fingerprint density at radius 2 is 2.04 bits per heavy atom. The van der Waals surface area contributed by atoms with Gasteiger partial charge in [-0.2, -0.15) is 8.78 Å². The molecule has 0 saturated heterocycles. The largest absolute Gasteiger partial charge is 0.433 e. The molecule has 1 aliphatic carbocycles. The van der Waals surface area contributed by atoms with E-state index in [-0.39, 0.29) is 29.6 Å². The van der Waals surface area contributed by atoms with Crippen LogP contribution in [0.4, 0.5) is 19.3 Å². The summed E-state index contributed by atoms with van der Waals surface area (Å²) >= 11 is 0. The highest BCUT2D eigenvalue weighted by atomic mass is 19.3. The van der Waals surface area contributed by atoms with Crippen LogP contribution in [0.25, 0.3) is 0 Å². The van der Waals surface area contributed by atoms with Gasteiger partial charge in [0.25, 0.3) is 0 Å². The molecule has 1 aromatic carbocycles. The summed E-state index contributed by atoms with van der Waals surface area (Å²) in [6.45, 7) is -1.02. The van der Waals surface area contributed by atoms with E-state index in [9.17, 15) is 13.6 Å². The number of carbonyl (C=O) groups excluding carboxylic acids is 1. The number of anilines is 1. The summed E-state index contributed by atoms with van der Waals surface area (Å²) < 4.78 is 29.5. The second-order valence-corrected chi connectivity index (χ2v) is 5.91. The molecule has 1 saturated carbocycles. The van der Waals surface area contributed by atoms with Crippen molar-refractivity contribution < 1.29 is 18.3 Å². The van der Waals surface area contributed by atoms with Crippen LogP contribution in [0.15, 0.2) is 48.8 Å². The monoisotopic (exact) mass is 347 g/mol. The molecule has 1 heterocycles. The van der Waals surface area contributed by atoms with Crippen LogP contribution < -0.4 is 10.1 Å². The van der Waals surface area contributed by atoms with Crippen LogP contribution in [-0.2, 0) is 0 Å². The second kappa shape index (κ2) is 7.46. The second-order valence-electron chi connectivity index (χ2n) is 5.91. The maximum absolute atomic E-state index is 12.8. The average Bonchev–Trinajstić information content (AvgIpc) is 3.42. The molecular formula is C18H19F2N3O2. The first-order chi connectivity index (χ1) is 12.1. The van der Waals surface area contributed by atoms with Gasteiger partial charge in [0.1, 0.15) is 5.75 Å². The van der Waals surface area contributed by atoms with Gasteiger partial charge in [-0.3, -0.25) is 4.98 Å². The Morgan fingerprint density at radius 1 is 1.28 bits per heavy atom. The highest BCUT2D eigenvalue weighted by molar-refractivity contribution is 5.91. The van der Waals surface area contributed by atoms with Gasteiger partial charge < -0.3 is 15.0 Å². The van der Waals surface area contributed by atoms with E-state index in [2.05, 4.69) is 15.0 Å². The third-order valence-electron chi connectivity index (χ3n) is 4.10. The van der Waals surface area contributed by atoms with Gasteiger partial charge in [0.05, 0.1) is 11.7 Å². The minimum absolute atomic E-state index is 0.0596. The molecule has 3 rings (SSSR count). The van der Waals surface area contributed by atoms with Crippen molar-refractivity contribution >= 4 is 11.7 Å². The number of urea groups is 1. The SMILES string of the molecule is C[C@@H](c1cccnc1)N(C(=O)Nc1ccccc1OC(F)F)C1CC1. The number of hydrogen-bond donors (Lipinski definition) is 1. The molecule has 2 aromatic rings. The maximum Gasteiger partial charge on any atom is 0.387 e. The van der Waals surface area contributed by atoms with Crippen LogP contribution >= 0.6 is 0 Å². The number of pyridine rings is 1. The van der Waals surface area contributed by atoms with Gasteiger partial charge >= 0.3 is 12.6 Å². The smallest absolute Gasteiger partial charge is 0.387 e. The third kappa shape index (κ3) is 4.23. The number of aromatic nitrogens is 1. The molecule has 1 N–H and O–H groups in total. The zero-order valence-electron chi connectivity index (χ0n) is 13.7. The number of rotatable bonds is 6. The zero-order valence-corrected chi connectivity index (χ0v) is 13.7. The lowest BCUT2D eigenvalue weighted by Crippen LogP contribution is -2.38. The van der Waals surface area contributed by atoms with Crippen molar-refractivity contribution in [1.82, 2.24) is 9.88 Å². The number of hydrogen-bond acceptors (Lipinski definition) is 3. The fraction of sp³-hybridized carbons (Fsp3) is 0.333. The first-order valence-electron chi connectivity index (χ1n) is 8.09. The van der Waals surface area contributed by atoms with Crippen molar-refractivity contribution in [3.05, 3.63) is 54.4 Å². The highest BCUT2D eigenvalue weighted by Crippen LogP contribution is 2.35.